The number of hydrogen-bond donors (Lipinski definition) is 1. The summed E-state index contributed by atoms with van der Waals surface area (Å²) in [6.45, 7) is 6.09. The summed E-state index contributed by atoms with van der Waals surface area (Å²) >= 11 is 0. The lowest BCUT2D eigenvalue weighted by atomic mass is 10.0. The number of carbonyl (C=O) groups excluding carboxylic acids is 1. The molecule has 2 heterocycles. The molecular weight excluding hydrogens is 348 g/mol. The normalized spacial score (nSPS) is 17.2. The van der Waals surface area contributed by atoms with E-state index in [1.807, 2.05) is 38.1 Å². The largest absolute Gasteiger partial charge is 0.491 e. The van der Waals surface area contributed by atoms with Gasteiger partial charge in [-0.2, -0.15) is 0 Å². The summed E-state index contributed by atoms with van der Waals surface area (Å²) in [5, 5.41) is 17.5. The molecule has 144 valence electrons. The van der Waals surface area contributed by atoms with Crippen LogP contribution in [0.4, 0.5) is 0 Å². The molecule has 1 aliphatic rings. The fourth-order valence-electron chi connectivity index (χ4n) is 3.28. The maximum atomic E-state index is 12.9. The summed E-state index contributed by atoms with van der Waals surface area (Å²) in [5.41, 5.74) is 1.52. The smallest absolute Gasteiger partial charge is 0.326 e. The second-order valence-corrected chi connectivity index (χ2v) is 6.94. The SMILES string of the molecule is Cc1c(C(=O)N2CCCCC2C(=O)O)nnn1-c1ccc(OC(C)C)cc1. The molecule has 8 nitrogen and oxygen atoms in total. The van der Waals surface area contributed by atoms with Gasteiger partial charge in [-0.25, -0.2) is 9.48 Å². The number of carboxylic acids is 1. The minimum Gasteiger partial charge on any atom is -0.491 e. The third kappa shape index (κ3) is 3.94. The van der Waals surface area contributed by atoms with E-state index in [1.165, 1.54) is 4.90 Å². The first-order chi connectivity index (χ1) is 12.9. The van der Waals surface area contributed by atoms with Crippen molar-refractivity contribution in [2.45, 2.75) is 52.2 Å². The number of hydrogen-bond acceptors (Lipinski definition) is 5. The van der Waals surface area contributed by atoms with E-state index in [2.05, 4.69) is 10.3 Å². The van der Waals surface area contributed by atoms with Gasteiger partial charge >= 0.3 is 5.97 Å². The van der Waals surface area contributed by atoms with E-state index < -0.39 is 12.0 Å². The first-order valence-electron chi connectivity index (χ1n) is 9.11. The van der Waals surface area contributed by atoms with Crippen LogP contribution in [-0.2, 0) is 4.79 Å². The molecular formula is C19H24N4O4. The molecule has 1 aromatic carbocycles. The van der Waals surface area contributed by atoms with Crippen LogP contribution in [0.1, 0.15) is 49.3 Å². The number of benzene rings is 1. The Morgan fingerprint density at radius 2 is 1.93 bits per heavy atom. The highest BCUT2D eigenvalue weighted by Gasteiger charge is 2.34. The fourth-order valence-corrected chi connectivity index (χ4v) is 3.28. The van der Waals surface area contributed by atoms with Gasteiger partial charge in [0.25, 0.3) is 5.91 Å². The van der Waals surface area contributed by atoms with Crippen molar-refractivity contribution in [1.82, 2.24) is 19.9 Å². The van der Waals surface area contributed by atoms with Crippen LogP contribution in [0.5, 0.6) is 5.75 Å². The fraction of sp³-hybridized carbons (Fsp3) is 0.474. The highest BCUT2D eigenvalue weighted by molar-refractivity contribution is 5.96. The molecule has 1 N–H and O–H groups in total. The first kappa shape index (κ1) is 18.9. The Morgan fingerprint density at radius 1 is 1.22 bits per heavy atom. The van der Waals surface area contributed by atoms with Crippen LogP contribution >= 0.6 is 0 Å². The second kappa shape index (κ2) is 7.77. The lowest BCUT2D eigenvalue weighted by Crippen LogP contribution is -2.48. The number of ether oxygens (including phenoxy) is 1. The second-order valence-electron chi connectivity index (χ2n) is 6.94. The van der Waals surface area contributed by atoms with Crippen molar-refractivity contribution in [2.24, 2.45) is 0 Å². The van der Waals surface area contributed by atoms with Gasteiger partial charge in [0.05, 0.1) is 17.5 Å². The number of carbonyl (C=O) groups is 2. The van der Waals surface area contributed by atoms with Crippen molar-refractivity contribution in [3.8, 4) is 11.4 Å². The molecule has 1 fully saturated rings. The van der Waals surface area contributed by atoms with Crippen LogP contribution in [-0.4, -0.2) is 55.6 Å². The van der Waals surface area contributed by atoms with Gasteiger partial charge in [-0.15, -0.1) is 5.10 Å². The van der Waals surface area contributed by atoms with Crippen LogP contribution in [0.25, 0.3) is 5.69 Å². The quantitative estimate of drug-likeness (QED) is 0.866. The average molecular weight is 372 g/mol. The predicted molar refractivity (Wildman–Crippen MR) is 98.2 cm³/mol. The topological polar surface area (TPSA) is 97.5 Å². The lowest BCUT2D eigenvalue weighted by molar-refractivity contribution is -0.143. The van der Waals surface area contributed by atoms with Gasteiger partial charge in [-0.1, -0.05) is 5.21 Å². The zero-order valence-electron chi connectivity index (χ0n) is 15.8. The maximum Gasteiger partial charge on any atom is 0.326 e. The molecule has 0 radical (unpaired) electrons. The average Bonchev–Trinajstić information content (AvgIpc) is 3.02. The van der Waals surface area contributed by atoms with Crippen molar-refractivity contribution in [2.75, 3.05) is 6.54 Å². The predicted octanol–water partition coefficient (Wildman–Crippen LogP) is 2.44. The van der Waals surface area contributed by atoms with Gasteiger partial charge in [-0.3, -0.25) is 4.79 Å². The Labute approximate surface area is 157 Å². The molecule has 27 heavy (non-hydrogen) atoms. The number of nitrogens with zero attached hydrogens (tertiary/aromatic N) is 4. The minimum absolute atomic E-state index is 0.0832. The van der Waals surface area contributed by atoms with E-state index in [0.717, 1.165) is 24.3 Å². The Balaban J connectivity index is 1.84. The Hall–Kier alpha value is -2.90. The summed E-state index contributed by atoms with van der Waals surface area (Å²) in [6.07, 6.45) is 2.14. The van der Waals surface area contributed by atoms with Gasteiger partial charge in [0, 0.05) is 6.54 Å². The van der Waals surface area contributed by atoms with Crippen molar-refractivity contribution in [3.63, 3.8) is 0 Å². The molecule has 0 spiro atoms. The molecule has 0 aliphatic carbocycles. The molecule has 1 atom stereocenters. The molecule has 1 amide bonds. The molecule has 1 saturated heterocycles. The molecule has 1 aliphatic heterocycles. The van der Waals surface area contributed by atoms with Crippen LogP contribution in [0.2, 0.25) is 0 Å². The number of carboxylic acid groups (broad SMARTS) is 1. The molecule has 3 rings (SSSR count). The number of rotatable bonds is 5. The van der Waals surface area contributed by atoms with Crippen molar-refractivity contribution in [1.29, 1.82) is 0 Å². The van der Waals surface area contributed by atoms with Crippen molar-refractivity contribution in [3.05, 3.63) is 35.7 Å². The Kier molecular flexibility index (Phi) is 5.43. The van der Waals surface area contributed by atoms with Crippen LogP contribution in [0.15, 0.2) is 24.3 Å². The van der Waals surface area contributed by atoms with E-state index in [9.17, 15) is 14.7 Å². The molecule has 1 aromatic heterocycles. The summed E-state index contributed by atoms with van der Waals surface area (Å²) in [5.74, 6) is -0.611. The number of piperidine rings is 1. The summed E-state index contributed by atoms with van der Waals surface area (Å²) < 4.78 is 7.21. The van der Waals surface area contributed by atoms with Gasteiger partial charge in [0.1, 0.15) is 11.8 Å². The maximum absolute atomic E-state index is 12.9. The first-order valence-corrected chi connectivity index (χ1v) is 9.11. The molecule has 1 unspecified atom stereocenters. The van der Waals surface area contributed by atoms with E-state index in [-0.39, 0.29) is 17.7 Å². The molecule has 0 bridgehead atoms. The zero-order valence-corrected chi connectivity index (χ0v) is 15.8. The van der Waals surface area contributed by atoms with Crippen LogP contribution in [0.3, 0.4) is 0 Å². The number of likely N-dealkylation sites (tertiary alicyclic amines) is 1. The molecule has 2 aromatic rings. The van der Waals surface area contributed by atoms with E-state index in [0.29, 0.717) is 18.7 Å². The van der Waals surface area contributed by atoms with Gasteiger partial charge < -0.3 is 14.7 Å². The third-order valence-corrected chi connectivity index (χ3v) is 4.60. The Morgan fingerprint density at radius 3 is 2.56 bits per heavy atom. The number of aliphatic carboxylic acids is 1. The van der Waals surface area contributed by atoms with Crippen LogP contribution < -0.4 is 4.74 Å². The number of amides is 1. The molecule has 8 heteroatoms. The third-order valence-electron chi connectivity index (χ3n) is 4.60. The summed E-state index contributed by atoms with van der Waals surface area (Å²) in [7, 11) is 0. The van der Waals surface area contributed by atoms with Gasteiger partial charge in [0.2, 0.25) is 0 Å². The van der Waals surface area contributed by atoms with E-state index in [4.69, 9.17) is 4.74 Å². The lowest BCUT2D eigenvalue weighted by Gasteiger charge is -2.32. The van der Waals surface area contributed by atoms with Crippen molar-refractivity contribution >= 4 is 11.9 Å². The highest BCUT2D eigenvalue weighted by atomic mass is 16.5. The zero-order chi connectivity index (χ0) is 19.6. The Bertz CT molecular complexity index is 829. The van der Waals surface area contributed by atoms with E-state index >= 15 is 0 Å². The summed E-state index contributed by atoms with van der Waals surface area (Å²) in [4.78, 5) is 25.8. The number of aromatic nitrogens is 3. The van der Waals surface area contributed by atoms with Crippen LogP contribution in [0, 0.1) is 6.92 Å². The minimum atomic E-state index is -0.978. The van der Waals surface area contributed by atoms with Gasteiger partial charge in [0.15, 0.2) is 5.69 Å². The van der Waals surface area contributed by atoms with Gasteiger partial charge in [-0.05, 0) is 64.3 Å². The highest BCUT2D eigenvalue weighted by Crippen LogP contribution is 2.22. The summed E-state index contributed by atoms with van der Waals surface area (Å²) in [6, 6.07) is 6.55. The standard InChI is InChI=1S/C19H24N4O4/c1-12(2)27-15-9-7-14(8-10-15)23-13(3)17(20-21-23)18(24)22-11-5-4-6-16(22)19(25)26/h7-10,12,16H,4-6,11H2,1-3H3,(H,25,26). The van der Waals surface area contributed by atoms with Crippen molar-refractivity contribution < 1.29 is 19.4 Å². The molecule has 0 saturated carbocycles. The monoisotopic (exact) mass is 372 g/mol. The van der Waals surface area contributed by atoms with E-state index in [1.54, 1.807) is 11.6 Å².